The predicted molar refractivity (Wildman–Crippen MR) is 81.0 cm³/mol. The van der Waals surface area contributed by atoms with E-state index in [1.807, 2.05) is 19.9 Å². The molecule has 6 nitrogen and oxygen atoms in total. The van der Waals surface area contributed by atoms with Gasteiger partial charge in [-0.05, 0) is 18.8 Å². The van der Waals surface area contributed by atoms with Crippen LogP contribution in [-0.2, 0) is 4.79 Å². The summed E-state index contributed by atoms with van der Waals surface area (Å²) >= 11 is 0. The second kappa shape index (κ2) is 7.61. The molecule has 0 saturated carbocycles. The highest BCUT2D eigenvalue weighted by Crippen LogP contribution is 2.16. The Morgan fingerprint density at radius 2 is 2.19 bits per heavy atom. The van der Waals surface area contributed by atoms with Crippen LogP contribution in [0.5, 0.6) is 0 Å². The third kappa shape index (κ3) is 5.06. The van der Waals surface area contributed by atoms with Gasteiger partial charge in [0.05, 0.1) is 6.42 Å². The van der Waals surface area contributed by atoms with E-state index >= 15 is 0 Å². The second-order valence-electron chi connectivity index (χ2n) is 5.23. The van der Waals surface area contributed by atoms with Crippen LogP contribution in [0.25, 0.3) is 0 Å². The molecular weight excluding hydrogens is 270 g/mol. The molecule has 6 heteroatoms. The van der Waals surface area contributed by atoms with Gasteiger partial charge in [0.25, 0.3) is 0 Å². The average Bonchev–Trinajstić information content (AvgIpc) is 2.42. The van der Waals surface area contributed by atoms with Gasteiger partial charge in [0.15, 0.2) is 0 Å². The number of rotatable bonds is 5. The third-order valence-corrected chi connectivity index (χ3v) is 3.51. The van der Waals surface area contributed by atoms with E-state index in [1.54, 1.807) is 31.0 Å². The van der Waals surface area contributed by atoms with Crippen LogP contribution in [0.3, 0.4) is 0 Å². The average molecular weight is 294 g/mol. The largest absolute Gasteiger partial charge is 0.460 e. The summed E-state index contributed by atoms with van der Waals surface area (Å²) in [4.78, 5) is 24.3. The van der Waals surface area contributed by atoms with Crippen molar-refractivity contribution in [3.8, 4) is 0 Å². The molecule has 1 saturated heterocycles. The molecule has 0 aromatic carbocycles. The van der Waals surface area contributed by atoms with Gasteiger partial charge in [-0.2, -0.15) is 4.58 Å². The number of allylic oxidation sites excluding steroid dienone is 2. The molecule has 1 aliphatic rings. The summed E-state index contributed by atoms with van der Waals surface area (Å²) in [5, 5.41) is 12.0. The molecule has 1 fully saturated rings. The molecule has 3 amide bonds. The van der Waals surface area contributed by atoms with Crippen LogP contribution in [0.1, 0.15) is 33.1 Å². The predicted octanol–water partition coefficient (Wildman–Crippen LogP) is 1.99. The molecule has 1 rings (SSSR count). The van der Waals surface area contributed by atoms with Crippen LogP contribution in [0, 0.1) is 5.92 Å². The first-order chi connectivity index (χ1) is 9.85. The number of imide groups is 1. The van der Waals surface area contributed by atoms with E-state index in [4.69, 9.17) is 0 Å². The summed E-state index contributed by atoms with van der Waals surface area (Å²) in [6.07, 6.45) is 7.28. The SMILES string of the molecule is CC=[N+](C)C(O)=CC(C)CCC=C1CC(=O)NC(=O)N1C. The number of aliphatic hydroxyl groups is 1. The van der Waals surface area contributed by atoms with Crippen molar-refractivity contribution in [2.24, 2.45) is 5.92 Å². The smallest absolute Gasteiger partial charge is 0.360 e. The summed E-state index contributed by atoms with van der Waals surface area (Å²) in [5.74, 6) is 0.153. The molecule has 1 heterocycles. The highest BCUT2D eigenvalue weighted by molar-refractivity contribution is 5.99. The van der Waals surface area contributed by atoms with Gasteiger partial charge in [-0.1, -0.05) is 13.0 Å². The Kier molecular flexibility index (Phi) is 6.14. The maximum absolute atomic E-state index is 11.5. The molecule has 21 heavy (non-hydrogen) atoms. The molecule has 2 N–H and O–H groups in total. The summed E-state index contributed by atoms with van der Waals surface area (Å²) in [6, 6.07) is -0.386. The highest BCUT2D eigenvalue weighted by Gasteiger charge is 2.23. The van der Waals surface area contributed by atoms with Crippen LogP contribution >= 0.6 is 0 Å². The van der Waals surface area contributed by atoms with Gasteiger partial charge >= 0.3 is 11.9 Å². The van der Waals surface area contributed by atoms with Crippen molar-refractivity contribution in [3.05, 3.63) is 23.7 Å². The fraction of sp³-hybridized carbons (Fsp3) is 0.533. The number of aliphatic hydroxyl groups excluding tert-OH is 1. The Balaban J connectivity index is 2.57. The molecule has 0 bridgehead atoms. The van der Waals surface area contributed by atoms with E-state index in [9.17, 15) is 14.7 Å². The first kappa shape index (κ1) is 16.9. The molecule has 0 radical (unpaired) electrons. The number of amides is 3. The van der Waals surface area contributed by atoms with E-state index in [1.165, 1.54) is 4.90 Å². The number of nitrogens with zero attached hydrogens (tertiary/aromatic N) is 2. The van der Waals surface area contributed by atoms with Crippen LogP contribution < -0.4 is 5.32 Å². The van der Waals surface area contributed by atoms with Gasteiger partial charge in [-0.3, -0.25) is 10.1 Å². The normalized spacial score (nSPS) is 20.8. The number of hydrogen-bond donors (Lipinski definition) is 2. The molecule has 1 unspecified atom stereocenters. The Morgan fingerprint density at radius 3 is 2.81 bits per heavy atom. The first-order valence-electron chi connectivity index (χ1n) is 7.04. The molecule has 0 spiro atoms. The summed E-state index contributed by atoms with van der Waals surface area (Å²) < 4.78 is 1.65. The van der Waals surface area contributed by atoms with Crippen molar-refractivity contribution in [2.75, 3.05) is 14.1 Å². The van der Waals surface area contributed by atoms with E-state index in [-0.39, 0.29) is 30.2 Å². The van der Waals surface area contributed by atoms with Crippen molar-refractivity contribution < 1.29 is 19.3 Å². The zero-order valence-corrected chi connectivity index (χ0v) is 13.1. The molecule has 1 atom stereocenters. The van der Waals surface area contributed by atoms with Crippen molar-refractivity contribution in [1.29, 1.82) is 0 Å². The minimum absolute atomic E-state index is 0.197. The standard InChI is InChI=1S/C15H23N3O3/c1-5-17(3)14(20)9-11(2)7-6-8-12-10-13(19)16-15(21)18(12)4/h5,8-9,11H,6-7,10H2,1-4H3,(H-,16,19,20,21)/p+1. The van der Waals surface area contributed by atoms with Gasteiger partial charge in [0.2, 0.25) is 5.91 Å². The first-order valence-corrected chi connectivity index (χ1v) is 7.04. The molecule has 0 aromatic heterocycles. The van der Waals surface area contributed by atoms with Crippen molar-refractivity contribution in [1.82, 2.24) is 10.2 Å². The Hall–Kier alpha value is -2.11. The zero-order valence-electron chi connectivity index (χ0n) is 13.1. The van der Waals surface area contributed by atoms with Crippen molar-refractivity contribution >= 4 is 18.2 Å². The number of carbonyl (C=O) groups is 2. The van der Waals surface area contributed by atoms with Crippen molar-refractivity contribution in [2.45, 2.75) is 33.1 Å². The minimum atomic E-state index is -0.386. The number of nitrogens with one attached hydrogen (secondary N) is 1. The van der Waals surface area contributed by atoms with Crippen LogP contribution in [0.2, 0.25) is 0 Å². The second-order valence-corrected chi connectivity index (χ2v) is 5.23. The number of hydrogen-bond acceptors (Lipinski definition) is 3. The Morgan fingerprint density at radius 1 is 1.52 bits per heavy atom. The van der Waals surface area contributed by atoms with Crippen molar-refractivity contribution in [3.63, 3.8) is 0 Å². The molecule has 0 aromatic rings. The summed E-state index contributed by atoms with van der Waals surface area (Å²) in [5.41, 5.74) is 0.725. The Bertz CT molecular complexity index is 506. The lowest BCUT2D eigenvalue weighted by atomic mass is 10.0. The maximum atomic E-state index is 11.5. The molecular formula is C15H24N3O3+. The number of urea groups is 1. The fourth-order valence-electron chi connectivity index (χ4n) is 1.97. The van der Waals surface area contributed by atoms with Gasteiger partial charge < -0.3 is 10.0 Å². The zero-order chi connectivity index (χ0) is 16.0. The monoisotopic (exact) mass is 294 g/mol. The Labute approximate surface area is 125 Å². The topological polar surface area (TPSA) is 72.6 Å². The van der Waals surface area contributed by atoms with Crippen LogP contribution in [0.4, 0.5) is 4.79 Å². The van der Waals surface area contributed by atoms with E-state index in [2.05, 4.69) is 5.32 Å². The third-order valence-electron chi connectivity index (χ3n) is 3.51. The lowest BCUT2D eigenvalue weighted by Gasteiger charge is -2.25. The van der Waals surface area contributed by atoms with Gasteiger partial charge in [0.1, 0.15) is 13.3 Å². The lowest BCUT2D eigenvalue weighted by Crippen LogP contribution is -2.46. The minimum Gasteiger partial charge on any atom is -0.460 e. The highest BCUT2D eigenvalue weighted by atomic mass is 16.3. The number of carbonyl (C=O) groups excluding carboxylic acids is 2. The van der Waals surface area contributed by atoms with Gasteiger partial charge in [-0.15, -0.1) is 0 Å². The maximum Gasteiger partial charge on any atom is 0.360 e. The van der Waals surface area contributed by atoms with E-state index < -0.39 is 0 Å². The molecule has 116 valence electrons. The van der Waals surface area contributed by atoms with Crippen LogP contribution in [0.15, 0.2) is 23.7 Å². The summed E-state index contributed by atoms with van der Waals surface area (Å²) in [7, 11) is 3.43. The quantitative estimate of drug-likeness (QED) is 0.463. The summed E-state index contributed by atoms with van der Waals surface area (Å²) in [6.45, 7) is 3.86. The fourth-order valence-corrected chi connectivity index (χ4v) is 1.97. The lowest BCUT2D eigenvalue weighted by molar-refractivity contribution is -0.472. The molecule has 1 aliphatic heterocycles. The van der Waals surface area contributed by atoms with Gasteiger partial charge in [-0.25, -0.2) is 4.79 Å². The van der Waals surface area contributed by atoms with E-state index in [0.29, 0.717) is 0 Å². The van der Waals surface area contributed by atoms with Gasteiger partial charge in [0, 0.05) is 25.7 Å². The van der Waals surface area contributed by atoms with Crippen LogP contribution in [-0.4, -0.2) is 46.8 Å². The molecule has 0 aliphatic carbocycles. The van der Waals surface area contributed by atoms with E-state index in [0.717, 1.165) is 18.5 Å².